The Morgan fingerprint density at radius 1 is 0.604 bits per heavy atom. The van der Waals surface area contributed by atoms with Crippen LogP contribution < -0.4 is 0 Å². The van der Waals surface area contributed by atoms with Crippen LogP contribution in [0.1, 0.15) is 57.4 Å². The number of rotatable bonds is 10. The average Bonchev–Trinajstić information content (AvgIpc) is 3.45. The Morgan fingerprint density at radius 2 is 1.06 bits per heavy atom. The summed E-state index contributed by atoms with van der Waals surface area (Å²) in [5, 5.41) is 0. The van der Waals surface area contributed by atoms with Gasteiger partial charge in [-0.25, -0.2) is 14.4 Å². The Morgan fingerprint density at radius 3 is 1.57 bits per heavy atom. The molecule has 266 valence electrons. The van der Waals surface area contributed by atoms with Gasteiger partial charge in [0.2, 0.25) is 0 Å². The normalized spacial score (nSPS) is 20.7. The third kappa shape index (κ3) is 7.62. The van der Waals surface area contributed by atoms with Gasteiger partial charge in [0.25, 0.3) is 11.8 Å². The van der Waals surface area contributed by atoms with E-state index < -0.39 is 66.1 Å². The van der Waals surface area contributed by atoms with Crippen molar-refractivity contribution in [1.82, 2.24) is 4.90 Å². The molecular formula is C42H33NO9S. The maximum Gasteiger partial charge on any atom is 0.338 e. The van der Waals surface area contributed by atoms with Crippen molar-refractivity contribution in [3.05, 3.63) is 173 Å². The second kappa shape index (κ2) is 15.7. The van der Waals surface area contributed by atoms with Crippen LogP contribution in [-0.2, 0) is 18.9 Å². The highest BCUT2D eigenvalue weighted by molar-refractivity contribution is 7.99. The van der Waals surface area contributed by atoms with Crippen LogP contribution in [0.25, 0.3) is 0 Å². The van der Waals surface area contributed by atoms with Crippen LogP contribution >= 0.6 is 11.8 Å². The highest BCUT2D eigenvalue weighted by Gasteiger charge is 2.57. The minimum atomic E-state index is -1.49. The van der Waals surface area contributed by atoms with Crippen LogP contribution in [0.2, 0.25) is 0 Å². The number of esters is 3. The fraction of sp³-hybridized carbons (Fsp3) is 0.167. The molecule has 2 amide bonds. The molecule has 53 heavy (non-hydrogen) atoms. The summed E-state index contributed by atoms with van der Waals surface area (Å²) in [5.74, 6) is -3.50. The SMILES string of the molecule is Cc1ccc(S[C@@H]2O[C@H](COC(=O)c3ccccc3)[C@@H](OC(=O)c3ccccc3)[C@H](OC(=O)c3ccccc3)[C@H]2N2C(=O)c3ccccc3C2=O)cc1. The lowest BCUT2D eigenvalue weighted by Crippen LogP contribution is -2.66. The monoisotopic (exact) mass is 727 g/mol. The highest BCUT2D eigenvalue weighted by atomic mass is 32.2. The number of hydrogen-bond donors (Lipinski definition) is 0. The zero-order chi connectivity index (χ0) is 36.9. The van der Waals surface area contributed by atoms with E-state index in [0.29, 0.717) is 0 Å². The van der Waals surface area contributed by atoms with Crippen LogP contribution in [0, 0.1) is 6.92 Å². The molecule has 0 bridgehead atoms. The fourth-order valence-corrected chi connectivity index (χ4v) is 7.42. The number of carbonyl (C=O) groups excluding carboxylic acids is 5. The van der Waals surface area contributed by atoms with E-state index in [1.807, 2.05) is 31.2 Å². The van der Waals surface area contributed by atoms with Crippen LogP contribution in [0.4, 0.5) is 0 Å². The number of amides is 2. The van der Waals surface area contributed by atoms with Gasteiger partial charge >= 0.3 is 17.9 Å². The van der Waals surface area contributed by atoms with Gasteiger partial charge in [0.15, 0.2) is 12.2 Å². The molecule has 1 fully saturated rings. The fourth-order valence-electron chi connectivity index (χ4n) is 6.25. The number of aryl methyl sites for hydroxylation is 1. The van der Waals surface area contributed by atoms with E-state index in [2.05, 4.69) is 0 Å². The lowest BCUT2D eigenvalue weighted by Gasteiger charge is -2.47. The standard InChI is InChI=1S/C42H33NO9S/c1-26-21-23-30(24-22-26)53-42-34(43-37(44)31-19-11-12-20-32(31)38(43)45)36(52-41(48)29-17-9-4-10-18-29)35(51-40(47)28-15-7-3-8-16-28)33(50-42)25-49-39(46)27-13-5-2-6-14-27/h2-24,33-36,42H,25H2,1H3/t33-,34-,35-,36-,42+/m1/s1. The summed E-state index contributed by atoms with van der Waals surface area (Å²) in [6.07, 6.45) is -4.18. The molecule has 5 aromatic rings. The van der Waals surface area contributed by atoms with Gasteiger partial charge in [-0.1, -0.05) is 96.2 Å². The molecule has 5 atom stereocenters. The molecule has 0 N–H and O–H groups in total. The largest absolute Gasteiger partial charge is 0.459 e. The smallest absolute Gasteiger partial charge is 0.338 e. The van der Waals surface area contributed by atoms with Gasteiger partial charge in [0.05, 0.1) is 27.8 Å². The van der Waals surface area contributed by atoms with Gasteiger partial charge in [-0.05, 0) is 67.6 Å². The second-order valence-corrected chi connectivity index (χ2v) is 13.6. The van der Waals surface area contributed by atoms with Crippen molar-refractivity contribution in [3.8, 4) is 0 Å². The molecule has 0 aliphatic carbocycles. The lowest BCUT2D eigenvalue weighted by atomic mass is 9.95. The Labute approximate surface area is 309 Å². The Bertz CT molecular complexity index is 2090. The Balaban J connectivity index is 1.34. The molecule has 2 aliphatic rings. The molecule has 11 heteroatoms. The number of nitrogens with zero attached hydrogens (tertiary/aromatic N) is 1. The summed E-state index contributed by atoms with van der Waals surface area (Å²) in [5.41, 5.74) is 0.896. The quantitative estimate of drug-likeness (QED) is 0.0863. The van der Waals surface area contributed by atoms with Crippen LogP contribution in [0.15, 0.2) is 144 Å². The minimum Gasteiger partial charge on any atom is -0.459 e. The number of thioether (sulfide) groups is 1. The first-order valence-corrected chi connectivity index (χ1v) is 17.8. The first-order valence-electron chi connectivity index (χ1n) is 16.9. The molecule has 0 spiro atoms. The molecule has 10 nitrogen and oxygen atoms in total. The number of hydrogen-bond acceptors (Lipinski definition) is 10. The highest BCUT2D eigenvalue weighted by Crippen LogP contribution is 2.41. The van der Waals surface area contributed by atoms with Gasteiger partial charge in [0.1, 0.15) is 24.2 Å². The molecule has 0 unspecified atom stereocenters. The van der Waals surface area contributed by atoms with Crippen molar-refractivity contribution < 1.29 is 42.9 Å². The van der Waals surface area contributed by atoms with Crippen molar-refractivity contribution in [2.24, 2.45) is 0 Å². The van der Waals surface area contributed by atoms with E-state index in [9.17, 15) is 24.0 Å². The van der Waals surface area contributed by atoms with E-state index in [4.69, 9.17) is 18.9 Å². The molecule has 0 aromatic heterocycles. The average molecular weight is 728 g/mol. The predicted molar refractivity (Wildman–Crippen MR) is 194 cm³/mol. The summed E-state index contributed by atoms with van der Waals surface area (Å²) >= 11 is 1.19. The number of fused-ring (bicyclic) bond motifs is 1. The maximum atomic E-state index is 14.2. The molecule has 1 saturated heterocycles. The number of ether oxygens (including phenoxy) is 4. The molecule has 5 aromatic carbocycles. The molecule has 0 radical (unpaired) electrons. The number of imide groups is 1. The van der Waals surface area contributed by atoms with Gasteiger partial charge in [-0.3, -0.25) is 14.5 Å². The summed E-state index contributed by atoms with van der Waals surface area (Å²) < 4.78 is 24.8. The number of benzene rings is 5. The van der Waals surface area contributed by atoms with E-state index in [0.717, 1.165) is 15.4 Å². The maximum absolute atomic E-state index is 14.2. The minimum absolute atomic E-state index is 0.168. The van der Waals surface area contributed by atoms with E-state index in [1.165, 1.54) is 11.8 Å². The van der Waals surface area contributed by atoms with Crippen molar-refractivity contribution in [2.75, 3.05) is 6.61 Å². The van der Waals surface area contributed by atoms with E-state index >= 15 is 0 Å². The molecule has 2 aliphatic heterocycles. The third-order valence-corrected chi connectivity index (χ3v) is 10.1. The zero-order valence-electron chi connectivity index (χ0n) is 28.4. The van der Waals surface area contributed by atoms with Crippen molar-refractivity contribution >= 4 is 41.5 Å². The van der Waals surface area contributed by atoms with Crippen molar-refractivity contribution in [3.63, 3.8) is 0 Å². The molecule has 0 saturated carbocycles. The lowest BCUT2D eigenvalue weighted by molar-refractivity contribution is -0.184. The Hall–Kier alpha value is -6.04. The van der Waals surface area contributed by atoms with E-state index in [1.54, 1.807) is 115 Å². The van der Waals surface area contributed by atoms with Crippen LogP contribution in [-0.4, -0.2) is 71.0 Å². The first-order chi connectivity index (χ1) is 25.8. The van der Waals surface area contributed by atoms with Gasteiger partial charge in [-0.2, -0.15) is 0 Å². The summed E-state index contributed by atoms with van der Waals surface area (Å²) in [6.45, 7) is 1.51. The zero-order valence-corrected chi connectivity index (χ0v) is 29.2. The van der Waals surface area contributed by atoms with Crippen molar-refractivity contribution in [1.29, 1.82) is 0 Å². The first kappa shape index (κ1) is 35.4. The van der Waals surface area contributed by atoms with Gasteiger partial charge in [0, 0.05) is 4.90 Å². The van der Waals surface area contributed by atoms with Gasteiger partial charge in [-0.15, -0.1) is 0 Å². The van der Waals surface area contributed by atoms with Crippen LogP contribution in [0.5, 0.6) is 0 Å². The third-order valence-electron chi connectivity index (χ3n) is 8.90. The van der Waals surface area contributed by atoms with E-state index in [-0.39, 0.29) is 27.8 Å². The van der Waals surface area contributed by atoms with Crippen LogP contribution in [0.3, 0.4) is 0 Å². The summed E-state index contributed by atoms with van der Waals surface area (Å²) in [7, 11) is 0. The number of carbonyl (C=O) groups is 5. The predicted octanol–water partition coefficient (Wildman–Crippen LogP) is 6.79. The molecule has 2 heterocycles. The van der Waals surface area contributed by atoms with Crippen molar-refractivity contribution in [2.45, 2.75) is 41.6 Å². The van der Waals surface area contributed by atoms with Gasteiger partial charge < -0.3 is 18.9 Å². The molecule has 7 rings (SSSR count). The summed E-state index contributed by atoms with van der Waals surface area (Å²) in [4.78, 5) is 71.0. The molecular weight excluding hydrogens is 695 g/mol. The topological polar surface area (TPSA) is 126 Å². The Kier molecular flexibility index (Phi) is 10.5. The summed E-state index contributed by atoms with van der Waals surface area (Å²) in [6, 6.07) is 37.3. The second-order valence-electron chi connectivity index (χ2n) is 12.4.